The van der Waals surface area contributed by atoms with E-state index in [0.717, 1.165) is 16.3 Å². The Labute approximate surface area is 123 Å². The zero-order valence-corrected chi connectivity index (χ0v) is 11.9. The second kappa shape index (κ2) is 5.26. The van der Waals surface area contributed by atoms with Crippen LogP contribution in [0.3, 0.4) is 0 Å². The normalized spacial score (nSPS) is 14.0. The van der Waals surface area contributed by atoms with Crippen molar-refractivity contribution >= 4 is 10.8 Å². The van der Waals surface area contributed by atoms with Gasteiger partial charge in [-0.05, 0) is 17.9 Å². The smallest absolute Gasteiger partial charge is 0.128 e. The minimum absolute atomic E-state index is 0.283. The summed E-state index contributed by atoms with van der Waals surface area (Å²) in [7, 11) is 0. The van der Waals surface area contributed by atoms with Crippen molar-refractivity contribution in [2.75, 3.05) is 0 Å². The van der Waals surface area contributed by atoms with Crippen LogP contribution in [0, 0.1) is 5.82 Å². The lowest BCUT2D eigenvalue weighted by Gasteiger charge is -2.30. The van der Waals surface area contributed by atoms with Gasteiger partial charge in [-0.3, -0.25) is 4.98 Å². The summed E-state index contributed by atoms with van der Waals surface area (Å²) in [5.41, 5.74) is 7.10. The molecule has 0 amide bonds. The minimum atomic E-state index is -0.890. The number of aromatic nitrogens is 1. The van der Waals surface area contributed by atoms with Crippen LogP contribution < -0.4 is 5.73 Å². The van der Waals surface area contributed by atoms with Gasteiger partial charge < -0.3 is 5.73 Å². The maximum atomic E-state index is 14.3. The minimum Gasteiger partial charge on any atom is -0.318 e. The molecule has 1 unspecified atom stereocenters. The van der Waals surface area contributed by atoms with E-state index >= 15 is 0 Å². The number of halogens is 1. The molecular formula is C18H17FN2. The van der Waals surface area contributed by atoms with E-state index in [9.17, 15) is 4.39 Å². The molecule has 0 aliphatic carbocycles. The summed E-state index contributed by atoms with van der Waals surface area (Å²) in [4.78, 5) is 4.28. The molecule has 21 heavy (non-hydrogen) atoms. The monoisotopic (exact) mass is 280 g/mol. The second-order valence-corrected chi connectivity index (χ2v) is 5.21. The van der Waals surface area contributed by atoms with Crippen molar-refractivity contribution in [1.82, 2.24) is 4.98 Å². The van der Waals surface area contributed by atoms with Crippen LogP contribution in [0.25, 0.3) is 10.8 Å². The van der Waals surface area contributed by atoms with Crippen LogP contribution in [-0.2, 0) is 5.54 Å². The average Bonchev–Trinajstić information content (AvgIpc) is 2.54. The predicted octanol–water partition coefficient (Wildman–Crippen LogP) is 3.99. The number of nitrogens with zero attached hydrogens (tertiary/aromatic N) is 1. The summed E-state index contributed by atoms with van der Waals surface area (Å²) in [6.45, 7) is 1.97. The molecule has 0 saturated heterocycles. The zero-order chi connectivity index (χ0) is 14.9. The van der Waals surface area contributed by atoms with Gasteiger partial charge in [-0.2, -0.15) is 0 Å². The highest BCUT2D eigenvalue weighted by atomic mass is 19.1. The van der Waals surface area contributed by atoms with Crippen LogP contribution in [0.5, 0.6) is 0 Å². The summed E-state index contributed by atoms with van der Waals surface area (Å²) in [5, 5.41) is 2.02. The van der Waals surface area contributed by atoms with E-state index in [1.54, 1.807) is 24.5 Å². The number of hydrogen-bond donors (Lipinski definition) is 1. The first-order valence-electron chi connectivity index (χ1n) is 7.04. The van der Waals surface area contributed by atoms with Crippen molar-refractivity contribution in [3.8, 4) is 0 Å². The van der Waals surface area contributed by atoms with E-state index in [1.165, 1.54) is 6.07 Å². The Kier molecular flexibility index (Phi) is 3.43. The molecule has 0 saturated carbocycles. The molecule has 3 heteroatoms. The van der Waals surface area contributed by atoms with Crippen LogP contribution in [-0.4, -0.2) is 4.98 Å². The van der Waals surface area contributed by atoms with Crippen LogP contribution in [0.2, 0.25) is 0 Å². The third kappa shape index (κ3) is 2.20. The van der Waals surface area contributed by atoms with Gasteiger partial charge in [-0.1, -0.05) is 49.4 Å². The first kappa shape index (κ1) is 13.7. The molecule has 2 nitrogen and oxygen atoms in total. The van der Waals surface area contributed by atoms with E-state index in [-0.39, 0.29) is 5.82 Å². The zero-order valence-electron chi connectivity index (χ0n) is 11.9. The fourth-order valence-corrected chi connectivity index (χ4v) is 2.82. The van der Waals surface area contributed by atoms with E-state index < -0.39 is 5.54 Å². The fraction of sp³-hybridized carbons (Fsp3) is 0.167. The highest BCUT2D eigenvalue weighted by molar-refractivity contribution is 5.86. The van der Waals surface area contributed by atoms with Gasteiger partial charge in [-0.25, -0.2) is 4.39 Å². The Balaban J connectivity index is 2.30. The van der Waals surface area contributed by atoms with Crippen molar-refractivity contribution in [2.24, 2.45) is 5.73 Å². The predicted molar refractivity (Wildman–Crippen MR) is 83.4 cm³/mol. The molecule has 0 radical (unpaired) electrons. The Hall–Kier alpha value is -2.26. The molecule has 1 aromatic heterocycles. The molecule has 0 bridgehead atoms. The lowest BCUT2D eigenvalue weighted by atomic mass is 9.80. The third-order valence-electron chi connectivity index (χ3n) is 4.06. The van der Waals surface area contributed by atoms with E-state index in [0.29, 0.717) is 12.0 Å². The van der Waals surface area contributed by atoms with Gasteiger partial charge in [0.25, 0.3) is 0 Å². The maximum Gasteiger partial charge on any atom is 0.128 e. The summed E-state index contributed by atoms with van der Waals surface area (Å²) in [6.07, 6.45) is 4.14. The Bertz CT molecular complexity index is 780. The molecule has 1 heterocycles. The number of nitrogens with two attached hydrogens (primary N) is 1. The highest BCUT2D eigenvalue weighted by Gasteiger charge is 2.32. The first-order valence-corrected chi connectivity index (χ1v) is 7.04. The van der Waals surface area contributed by atoms with Crippen LogP contribution in [0.1, 0.15) is 24.5 Å². The number of pyridine rings is 1. The molecule has 1 atom stereocenters. The lowest BCUT2D eigenvalue weighted by molar-refractivity contribution is 0.481. The average molecular weight is 280 g/mol. The van der Waals surface area contributed by atoms with Crippen LogP contribution >= 0.6 is 0 Å². The van der Waals surface area contributed by atoms with Crippen molar-refractivity contribution < 1.29 is 4.39 Å². The van der Waals surface area contributed by atoms with E-state index in [4.69, 9.17) is 5.73 Å². The second-order valence-electron chi connectivity index (χ2n) is 5.21. The standard InChI is InChI=1S/C18H17FN2/c1-2-18(20,15-9-5-6-10-17(15)19)16-12-21-11-13-7-3-4-8-14(13)16/h3-12H,2,20H2,1H3. The van der Waals surface area contributed by atoms with Crippen molar-refractivity contribution in [3.63, 3.8) is 0 Å². The molecule has 2 aromatic carbocycles. The summed E-state index contributed by atoms with van der Waals surface area (Å²) in [5.74, 6) is -0.283. The largest absolute Gasteiger partial charge is 0.318 e. The molecule has 106 valence electrons. The van der Waals surface area contributed by atoms with Crippen molar-refractivity contribution in [3.05, 3.63) is 77.9 Å². The van der Waals surface area contributed by atoms with Gasteiger partial charge in [0.1, 0.15) is 5.82 Å². The first-order chi connectivity index (χ1) is 10.2. The van der Waals surface area contributed by atoms with Gasteiger partial charge in [0.05, 0.1) is 5.54 Å². The third-order valence-corrected chi connectivity index (χ3v) is 4.06. The van der Waals surface area contributed by atoms with Gasteiger partial charge in [0, 0.05) is 28.9 Å². The Morgan fingerprint density at radius 2 is 1.71 bits per heavy atom. The molecule has 0 aliphatic rings. The molecular weight excluding hydrogens is 263 g/mol. The number of rotatable bonds is 3. The van der Waals surface area contributed by atoms with Crippen molar-refractivity contribution in [2.45, 2.75) is 18.9 Å². The topological polar surface area (TPSA) is 38.9 Å². The molecule has 0 spiro atoms. The Morgan fingerprint density at radius 1 is 1.00 bits per heavy atom. The van der Waals surface area contributed by atoms with Gasteiger partial charge in [0.2, 0.25) is 0 Å². The highest BCUT2D eigenvalue weighted by Crippen LogP contribution is 2.35. The summed E-state index contributed by atoms with van der Waals surface area (Å²) < 4.78 is 14.3. The summed E-state index contributed by atoms with van der Waals surface area (Å²) >= 11 is 0. The number of hydrogen-bond acceptors (Lipinski definition) is 2. The quantitative estimate of drug-likeness (QED) is 0.788. The number of benzene rings is 2. The molecule has 0 aliphatic heterocycles. The van der Waals surface area contributed by atoms with Crippen molar-refractivity contribution in [1.29, 1.82) is 0 Å². The van der Waals surface area contributed by atoms with Gasteiger partial charge >= 0.3 is 0 Å². The SMILES string of the molecule is CCC(N)(c1ccccc1F)c1cncc2ccccc12. The van der Waals surface area contributed by atoms with Crippen LogP contribution in [0.4, 0.5) is 4.39 Å². The van der Waals surface area contributed by atoms with E-state index in [1.807, 2.05) is 37.3 Å². The van der Waals surface area contributed by atoms with E-state index in [2.05, 4.69) is 4.98 Å². The maximum absolute atomic E-state index is 14.3. The van der Waals surface area contributed by atoms with Gasteiger partial charge in [0.15, 0.2) is 0 Å². The lowest BCUT2D eigenvalue weighted by Crippen LogP contribution is -2.38. The number of fused-ring (bicyclic) bond motifs is 1. The molecule has 3 rings (SSSR count). The molecule has 3 aromatic rings. The fourth-order valence-electron chi connectivity index (χ4n) is 2.82. The Morgan fingerprint density at radius 3 is 2.48 bits per heavy atom. The van der Waals surface area contributed by atoms with Crippen LogP contribution in [0.15, 0.2) is 60.9 Å². The summed E-state index contributed by atoms with van der Waals surface area (Å²) in [6, 6.07) is 14.6. The van der Waals surface area contributed by atoms with Gasteiger partial charge in [-0.15, -0.1) is 0 Å². The molecule has 2 N–H and O–H groups in total. The molecule has 0 fully saturated rings.